The van der Waals surface area contributed by atoms with Gasteiger partial charge in [0, 0.05) is 27.9 Å². The number of anilines is 1. The van der Waals surface area contributed by atoms with Gasteiger partial charge in [0.15, 0.2) is 11.6 Å². The average Bonchev–Trinajstić information content (AvgIpc) is 2.73. The van der Waals surface area contributed by atoms with Gasteiger partial charge >= 0.3 is 0 Å². The van der Waals surface area contributed by atoms with E-state index in [2.05, 4.69) is 5.32 Å². The van der Waals surface area contributed by atoms with Gasteiger partial charge in [-0.05, 0) is 42.8 Å². The molecule has 0 unspecified atom stereocenters. The zero-order valence-electron chi connectivity index (χ0n) is 15.9. The number of hydrogen-bond acceptors (Lipinski definition) is 4. The molecule has 0 heterocycles. The zero-order chi connectivity index (χ0) is 20.4. The van der Waals surface area contributed by atoms with E-state index in [4.69, 9.17) is 4.74 Å². The molecule has 5 nitrogen and oxygen atoms in total. The molecule has 1 aliphatic carbocycles. The minimum Gasteiger partial charge on any atom is -0.494 e. The Morgan fingerprint density at radius 1 is 0.828 bits per heavy atom. The van der Waals surface area contributed by atoms with Crippen molar-refractivity contribution in [2.75, 3.05) is 11.9 Å². The lowest BCUT2D eigenvalue weighted by atomic mass is 9.84. The maximum Gasteiger partial charge on any atom is 0.228 e. The summed E-state index contributed by atoms with van der Waals surface area (Å²) in [6.45, 7) is 2.50. The molecule has 1 aliphatic rings. The summed E-state index contributed by atoms with van der Waals surface area (Å²) >= 11 is 0. The fourth-order valence-electron chi connectivity index (χ4n) is 3.44. The third-order valence-corrected chi connectivity index (χ3v) is 4.81. The van der Waals surface area contributed by atoms with Crippen molar-refractivity contribution in [3.8, 4) is 5.75 Å². The zero-order valence-corrected chi connectivity index (χ0v) is 15.9. The summed E-state index contributed by atoms with van der Waals surface area (Å²) in [5, 5.41) is 2.81. The number of carbonyl (C=O) groups excluding carboxylic acids is 3. The van der Waals surface area contributed by atoms with Gasteiger partial charge in [0.05, 0.1) is 13.0 Å². The first kappa shape index (κ1) is 18.6. The van der Waals surface area contributed by atoms with Crippen molar-refractivity contribution < 1.29 is 19.1 Å². The summed E-state index contributed by atoms with van der Waals surface area (Å²) < 4.78 is 5.40. The van der Waals surface area contributed by atoms with Crippen molar-refractivity contribution >= 4 is 23.2 Å². The van der Waals surface area contributed by atoms with Crippen molar-refractivity contribution in [3.05, 3.63) is 94.5 Å². The lowest BCUT2D eigenvalue weighted by molar-refractivity contribution is -0.115. The topological polar surface area (TPSA) is 72.5 Å². The van der Waals surface area contributed by atoms with E-state index in [-0.39, 0.29) is 23.9 Å². The highest BCUT2D eigenvalue weighted by Gasteiger charge is 2.29. The molecule has 0 aromatic heterocycles. The molecule has 1 N–H and O–H groups in total. The monoisotopic (exact) mass is 385 g/mol. The van der Waals surface area contributed by atoms with Crippen LogP contribution < -0.4 is 10.1 Å². The Morgan fingerprint density at radius 2 is 1.45 bits per heavy atom. The summed E-state index contributed by atoms with van der Waals surface area (Å²) in [4.78, 5) is 37.9. The lowest BCUT2D eigenvalue weighted by Gasteiger charge is -2.18. The number of carbonyl (C=O) groups is 3. The van der Waals surface area contributed by atoms with E-state index in [1.54, 1.807) is 42.5 Å². The van der Waals surface area contributed by atoms with Crippen LogP contribution in [0, 0.1) is 0 Å². The van der Waals surface area contributed by atoms with Crippen LogP contribution in [0.4, 0.5) is 5.69 Å². The molecule has 3 aromatic carbocycles. The van der Waals surface area contributed by atoms with Gasteiger partial charge in [-0.25, -0.2) is 0 Å². The first-order valence-corrected chi connectivity index (χ1v) is 9.41. The largest absolute Gasteiger partial charge is 0.494 e. The van der Waals surface area contributed by atoms with Crippen molar-refractivity contribution in [3.63, 3.8) is 0 Å². The summed E-state index contributed by atoms with van der Waals surface area (Å²) in [5.74, 6) is 0.166. The fraction of sp³-hybridized carbons (Fsp3) is 0.125. The first-order chi connectivity index (χ1) is 14.1. The van der Waals surface area contributed by atoms with Gasteiger partial charge in [0.2, 0.25) is 5.91 Å². The normalized spacial score (nSPS) is 12.2. The SMILES string of the molecule is CCOc1ccc(CC(=O)Nc2ccc3c(c2)C(=O)c2ccccc2C3=O)cc1. The maximum atomic E-state index is 12.8. The summed E-state index contributed by atoms with van der Waals surface area (Å²) in [7, 11) is 0. The van der Waals surface area contributed by atoms with Crippen molar-refractivity contribution in [1.29, 1.82) is 0 Å². The minimum atomic E-state index is -0.210. The van der Waals surface area contributed by atoms with E-state index < -0.39 is 0 Å². The molecular formula is C24H19NO4. The number of benzene rings is 3. The predicted octanol–water partition coefficient (Wildman–Crippen LogP) is 4.04. The van der Waals surface area contributed by atoms with Gasteiger partial charge in [0.1, 0.15) is 5.75 Å². The Morgan fingerprint density at radius 3 is 2.10 bits per heavy atom. The fourth-order valence-corrected chi connectivity index (χ4v) is 3.44. The number of fused-ring (bicyclic) bond motifs is 2. The van der Waals surface area contributed by atoms with Gasteiger partial charge in [-0.2, -0.15) is 0 Å². The third kappa shape index (κ3) is 3.67. The molecule has 0 saturated carbocycles. The highest BCUT2D eigenvalue weighted by molar-refractivity contribution is 6.28. The Balaban J connectivity index is 1.51. The first-order valence-electron chi connectivity index (χ1n) is 9.41. The molecule has 0 saturated heterocycles. The van der Waals surface area contributed by atoms with Crippen LogP contribution in [0.15, 0.2) is 66.7 Å². The molecule has 0 aliphatic heterocycles. The van der Waals surface area contributed by atoms with Crippen LogP contribution in [0.3, 0.4) is 0 Å². The van der Waals surface area contributed by atoms with Crippen LogP contribution in [0.1, 0.15) is 44.3 Å². The molecule has 3 aromatic rings. The molecule has 0 radical (unpaired) electrons. The molecule has 29 heavy (non-hydrogen) atoms. The van der Waals surface area contributed by atoms with E-state index in [0.29, 0.717) is 34.5 Å². The summed E-state index contributed by atoms with van der Waals surface area (Å²) in [6, 6.07) is 18.9. The molecule has 0 bridgehead atoms. The van der Waals surface area contributed by atoms with Crippen LogP contribution in [0.2, 0.25) is 0 Å². The van der Waals surface area contributed by atoms with Gasteiger partial charge in [-0.15, -0.1) is 0 Å². The van der Waals surface area contributed by atoms with Crippen LogP contribution in [0.5, 0.6) is 5.75 Å². The average molecular weight is 385 g/mol. The highest BCUT2D eigenvalue weighted by Crippen LogP contribution is 2.29. The van der Waals surface area contributed by atoms with Crippen molar-refractivity contribution in [2.24, 2.45) is 0 Å². The Bertz CT molecular complexity index is 1120. The molecular weight excluding hydrogens is 366 g/mol. The van der Waals surface area contributed by atoms with Crippen LogP contribution >= 0.6 is 0 Å². The van der Waals surface area contributed by atoms with Crippen LogP contribution in [-0.2, 0) is 11.2 Å². The highest BCUT2D eigenvalue weighted by atomic mass is 16.5. The predicted molar refractivity (Wildman–Crippen MR) is 110 cm³/mol. The number of hydrogen-bond donors (Lipinski definition) is 1. The molecule has 4 rings (SSSR count). The quantitative estimate of drug-likeness (QED) is 0.563. The molecule has 0 atom stereocenters. The van der Waals surface area contributed by atoms with E-state index in [1.165, 1.54) is 0 Å². The second-order valence-electron chi connectivity index (χ2n) is 6.77. The third-order valence-electron chi connectivity index (χ3n) is 4.81. The molecule has 5 heteroatoms. The van der Waals surface area contributed by atoms with Crippen LogP contribution in [-0.4, -0.2) is 24.1 Å². The Kier molecular flexibility index (Phi) is 4.96. The Labute approximate surface area is 168 Å². The lowest BCUT2D eigenvalue weighted by Crippen LogP contribution is -2.21. The molecule has 144 valence electrons. The van der Waals surface area contributed by atoms with Gasteiger partial charge in [-0.3, -0.25) is 14.4 Å². The number of amides is 1. The molecule has 0 fully saturated rings. The number of nitrogens with one attached hydrogen (secondary N) is 1. The summed E-state index contributed by atoms with van der Waals surface area (Å²) in [5.41, 5.74) is 2.82. The second kappa shape index (κ2) is 7.72. The number of ketones is 2. The van der Waals surface area contributed by atoms with Gasteiger partial charge < -0.3 is 10.1 Å². The minimum absolute atomic E-state index is 0.178. The Hall–Kier alpha value is -3.73. The summed E-state index contributed by atoms with van der Waals surface area (Å²) in [6.07, 6.45) is 0.194. The second-order valence-corrected chi connectivity index (χ2v) is 6.77. The van der Waals surface area contributed by atoms with E-state index in [1.807, 2.05) is 31.2 Å². The molecule has 0 spiro atoms. The van der Waals surface area contributed by atoms with Crippen LogP contribution in [0.25, 0.3) is 0 Å². The maximum absolute atomic E-state index is 12.8. The number of ether oxygens (including phenoxy) is 1. The number of rotatable bonds is 5. The standard InChI is InChI=1S/C24H19NO4/c1-2-29-17-10-7-15(8-11-17)13-22(26)25-16-9-12-20-21(14-16)24(28)19-6-4-3-5-18(19)23(20)27/h3-12,14H,2,13H2,1H3,(H,25,26). The van der Waals surface area contributed by atoms with Crippen molar-refractivity contribution in [1.82, 2.24) is 0 Å². The van der Waals surface area contributed by atoms with Crippen molar-refractivity contribution in [2.45, 2.75) is 13.3 Å². The smallest absolute Gasteiger partial charge is 0.228 e. The van der Waals surface area contributed by atoms with E-state index in [9.17, 15) is 14.4 Å². The van der Waals surface area contributed by atoms with Gasteiger partial charge in [0.25, 0.3) is 0 Å². The van der Waals surface area contributed by atoms with Gasteiger partial charge in [-0.1, -0.05) is 36.4 Å². The van der Waals surface area contributed by atoms with E-state index in [0.717, 1.165) is 11.3 Å². The van der Waals surface area contributed by atoms with E-state index >= 15 is 0 Å². The molecule has 1 amide bonds.